The molecule has 23 nitrogen and oxygen atoms in total. The van der Waals surface area contributed by atoms with Gasteiger partial charge in [0.1, 0.15) is 54.6 Å². The fourth-order valence-electron chi connectivity index (χ4n) is 9.16. The Balaban J connectivity index is 0.000000278. The van der Waals surface area contributed by atoms with Gasteiger partial charge in [0.2, 0.25) is 11.8 Å². The topological polar surface area (TPSA) is 297 Å². The molecule has 2 aromatic rings. The quantitative estimate of drug-likeness (QED) is 0.164. The van der Waals surface area contributed by atoms with Crippen LogP contribution in [0.3, 0.4) is 0 Å². The van der Waals surface area contributed by atoms with E-state index in [1.165, 1.54) is 44.2 Å². The van der Waals surface area contributed by atoms with Gasteiger partial charge in [0.15, 0.2) is 5.78 Å². The van der Waals surface area contributed by atoms with Crippen molar-refractivity contribution in [2.75, 3.05) is 46.2 Å². The molecular weight excluding hydrogens is 1010 g/mol. The molecular formula is C54H70N4O19. The molecule has 77 heavy (non-hydrogen) atoms. The van der Waals surface area contributed by atoms with E-state index < -0.39 is 99.2 Å². The first-order valence-electron chi connectivity index (χ1n) is 24.6. The van der Waals surface area contributed by atoms with Gasteiger partial charge in [-0.3, -0.25) is 53.0 Å². The summed E-state index contributed by atoms with van der Waals surface area (Å²) in [5.41, 5.74) is -5.05. The third-order valence-corrected chi connectivity index (χ3v) is 13.1. The maximum atomic E-state index is 13.5. The number of amides is 10. The van der Waals surface area contributed by atoms with E-state index in [9.17, 15) is 57.8 Å². The molecule has 3 unspecified atom stereocenters. The number of likely N-dealkylation sites (tertiary alicyclic amines) is 2. The molecule has 2 aliphatic carbocycles. The summed E-state index contributed by atoms with van der Waals surface area (Å²) in [6, 6.07) is 6.31. The zero-order chi connectivity index (χ0) is 55.2. The van der Waals surface area contributed by atoms with Gasteiger partial charge in [-0.1, -0.05) is 27.0 Å². The number of benzene rings is 2. The second-order valence-electron chi connectivity index (χ2n) is 21.7. The van der Waals surface area contributed by atoms with Crippen molar-refractivity contribution in [1.29, 1.82) is 0 Å². The van der Waals surface area contributed by atoms with E-state index in [-0.39, 0.29) is 120 Å². The first kappa shape index (κ1) is 60.9. The molecule has 2 N–H and O–H groups in total. The Morgan fingerprint density at radius 3 is 1.34 bits per heavy atom. The highest BCUT2D eigenvalue weighted by molar-refractivity contribution is 6.27. The van der Waals surface area contributed by atoms with Crippen molar-refractivity contribution >= 4 is 65.2 Å². The van der Waals surface area contributed by atoms with E-state index >= 15 is 0 Å². The number of nitrogens with zero attached hydrogens (tertiary/aromatic N) is 4. The summed E-state index contributed by atoms with van der Waals surface area (Å²) < 4.78 is 32.5. The molecule has 4 heterocycles. The van der Waals surface area contributed by atoms with Crippen LogP contribution >= 0.6 is 0 Å². The minimum atomic E-state index is -1.35. The molecule has 0 bridgehead atoms. The number of Topliss-reactive ketones (excluding diaryl/α,β-unsaturated/α-hetero) is 1. The minimum absolute atomic E-state index is 0. The zero-order valence-corrected chi connectivity index (χ0v) is 43.1. The van der Waals surface area contributed by atoms with E-state index in [1.54, 1.807) is 47.6 Å². The third kappa shape index (κ3) is 12.7. The van der Waals surface area contributed by atoms with Crippen LogP contribution < -0.4 is 9.47 Å². The van der Waals surface area contributed by atoms with Crippen LogP contribution in [0, 0.1) is 10.8 Å². The second kappa shape index (κ2) is 22.9. The first-order valence-corrected chi connectivity index (χ1v) is 24.6. The van der Waals surface area contributed by atoms with Crippen molar-refractivity contribution < 1.29 is 91.4 Å². The minimum Gasteiger partial charge on any atom is -0.490 e. The number of ether oxygens (including phenoxy) is 6. The fraction of sp³-hybridized carbons (Fsp3) is 0.574. The van der Waals surface area contributed by atoms with Gasteiger partial charge in [0.05, 0.1) is 58.5 Å². The fourth-order valence-corrected chi connectivity index (χ4v) is 9.16. The van der Waals surface area contributed by atoms with Crippen molar-refractivity contribution in [3.63, 3.8) is 0 Å². The molecule has 10 amide bonds. The van der Waals surface area contributed by atoms with Crippen LogP contribution in [0.4, 0.5) is 9.59 Å². The molecule has 6 aliphatic rings. The summed E-state index contributed by atoms with van der Waals surface area (Å²) in [5.74, 6) is -6.11. The van der Waals surface area contributed by atoms with Gasteiger partial charge in [-0.25, -0.2) is 9.59 Å². The van der Waals surface area contributed by atoms with Crippen LogP contribution in [0.2, 0.25) is 0 Å². The number of rotatable bonds is 16. The molecule has 4 aliphatic heterocycles. The van der Waals surface area contributed by atoms with Crippen molar-refractivity contribution in [3.05, 3.63) is 58.7 Å². The number of aliphatic hydroxyl groups excluding tert-OH is 1. The van der Waals surface area contributed by atoms with Crippen LogP contribution in [0.1, 0.15) is 157 Å². The van der Waals surface area contributed by atoms with E-state index in [4.69, 9.17) is 33.5 Å². The highest BCUT2D eigenvalue weighted by Gasteiger charge is 2.65. The van der Waals surface area contributed by atoms with Crippen LogP contribution in [-0.2, 0) is 42.9 Å². The highest BCUT2D eigenvalue weighted by Crippen LogP contribution is 2.56. The number of carbonyl (C=O) groups is 11. The molecule has 0 radical (unpaired) electrons. The van der Waals surface area contributed by atoms with Gasteiger partial charge < -0.3 is 38.6 Å². The predicted octanol–water partition coefficient (Wildman–Crippen LogP) is 5.04. The Morgan fingerprint density at radius 2 is 0.987 bits per heavy atom. The van der Waals surface area contributed by atoms with Crippen LogP contribution in [-0.4, -0.2) is 170 Å². The average Bonchev–Trinajstić information content (AvgIpc) is 4.23. The van der Waals surface area contributed by atoms with Crippen molar-refractivity contribution in [3.8, 4) is 11.5 Å². The number of carbonyl (C=O) groups excluding carboxylic acids is 11. The van der Waals surface area contributed by atoms with Crippen LogP contribution in [0.25, 0.3) is 0 Å². The number of imide groups is 8. The molecule has 2 aromatic carbocycles. The van der Waals surface area contributed by atoms with Gasteiger partial charge in [0.25, 0.3) is 35.4 Å². The van der Waals surface area contributed by atoms with Crippen LogP contribution in [0.5, 0.6) is 11.5 Å². The lowest BCUT2D eigenvalue weighted by Crippen LogP contribution is -2.61. The zero-order valence-electron chi connectivity index (χ0n) is 43.1. The van der Waals surface area contributed by atoms with Crippen molar-refractivity contribution in [2.45, 2.75) is 144 Å². The second-order valence-corrected chi connectivity index (χ2v) is 21.7. The molecule has 23 heteroatoms. The molecule has 8 rings (SSSR count). The van der Waals surface area contributed by atoms with Crippen molar-refractivity contribution in [1.82, 2.24) is 19.6 Å². The molecule has 4 fully saturated rings. The monoisotopic (exact) mass is 1080 g/mol. The summed E-state index contributed by atoms with van der Waals surface area (Å²) in [5, 5.41) is 19.1. The Hall–Kier alpha value is -6.95. The number of aliphatic hydroxyl groups is 2. The standard InChI is InChI=1S/C27H34N2O10.C25H28N2O9.2CH4/c1-25(2,3)39-24(35)29-21(32)17(14-27(8-9-27)23(29)34)28-20(31)16-6-5-7-18(19(16)22(28)33)38-13-12-37-15-26(4,36)10-11-30;1-14(28)13-34-10-11-35-17-7-5-6-15-18(17)21(31)26(19(15)29)16-12-25(8-9-25)22(32)27(20(16)30)23(33)36-24(2,3)4;;/h5-7,17,30,36H,8-15H2,1-4H3;5-7,16H,8-13H2,1-4H3;2*1H4. The molecule has 420 valence electrons. The Labute approximate surface area is 446 Å². The number of hydrogen-bond acceptors (Lipinski definition) is 19. The number of ketones is 1. The van der Waals surface area contributed by atoms with Gasteiger partial charge in [-0.15, -0.1) is 0 Å². The summed E-state index contributed by atoms with van der Waals surface area (Å²) in [4.78, 5) is 146. The largest absolute Gasteiger partial charge is 0.490 e. The Bertz CT molecular complexity index is 2730. The van der Waals surface area contributed by atoms with Gasteiger partial charge >= 0.3 is 12.2 Å². The van der Waals surface area contributed by atoms with Crippen molar-refractivity contribution in [2.24, 2.45) is 10.8 Å². The maximum Gasteiger partial charge on any atom is 0.424 e. The number of fused-ring (bicyclic) bond motifs is 2. The molecule has 2 saturated heterocycles. The number of hydrogen-bond donors (Lipinski definition) is 2. The Morgan fingerprint density at radius 1 is 0.597 bits per heavy atom. The van der Waals surface area contributed by atoms with Gasteiger partial charge in [-0.2, -0.15) is 9.80 Å². The lowest BCUT2D eigenvalue weighted by molar-refractivity contribution is -0.156. The molecule has 0 aromatic heterocycles. The predicted molar refractivity (Wildman–Crippen MR) is 269 cm³/mol. The average molecular weight is 1080 g/mol. The van der Waals surface area contributed by atoms with Gasteiger partial charge in [-0.05, 0) is 118 Å². The molecule has 2 saturated carbocycles. The summed E-state index contributed by atoms with van der Waals surface area (Å²) in [6.45, 7) is 12.4. The summed E-state index contributed by atoms with van der Waals surface area (Å²) >= 11 is 0. The SMILES string of the molecule is C.C.CC(=O)COCCOc1cccc2c1C(=O)N(C1CC3(CC3)C(=O)N(C(=O)OC(C)(C)C)C1=O)C2=O.CC(O)(CCO)COCCOc1cccc2c1C(=O)N(C1CC3(CC3)C(=O)N(C(=O)OC(C)(C)C)C1=O)C2=O. The third-order valence-electron chi connectivity index (χ3n) is 13.1. The van der Waals surface area contributed by atoms with E-state index in [1.807, 2.05) is 0 Å². The lowest BCUT2D eigenvalue weighted by Gasteiger charge is -2.38. The lowest BCUT2D eigenvalue weighted by atomic mass is 9.89. The van der Waals surface area contributed by atoms with Gasteiger partial charge in [0, 0.05) is 13.0 Å². The Kier molecular flexibility index (Phi) is 18.2. The summed E-state index contributed by atoms with van der Waals surface area (Å²) in [7, 11) is 0. The summed E-state index contributed by atoms with van der Waals surface area (Å²) in [6.07, 6.45) is -0.497. The maximum absolute atomic E-state index is 13.5. The van der Waals surface area contributed by atoms with E-state index in [0.29, 0.717) is 35.5 Å². The number of piperidine rings is 2. The highest BCUT2D eigenvalue weighted by atomic mass is 16.6. The smallest absolute Gasteiger partial charge is 0.424 e. The molecule has 2 spiro atoms. The molecule has 3 atom stereocenters. The van der Waals surface area contributed by atoms with E-state index in [2.05, 4.69) is 0 Å². The van der Waals surface area contributed by atoms with Crippen LogP contribution in [0.15, 0.2) is 36.4 Å². The van der Waals surface area contributed by atoms with E-state index in [0.717, 1.165) is 9.80 Å². The normalized spacial score (nSPS) is 20.6. The first-order chi connectivity index (χ1) is 35.1.